The van der Waals surface area contributed by atoms with Crippen LogP contribution in [0.3, 0.4) is 0 Å². The molecule has 3 heterocycles. The Hall–Kier alpha value is -3.23. The maximum absolute atomic E-state index is 13.2. The number of carbonyl (C=O) groups is 2. The SMILES string of the molecule is Nc1nccc(N2CCC(C3(Cc4ccc(F)cc4)NC(=O)NC3=O)CC2)n1. The van der Waals surface area contributed by atoms with Crippen molar-refractivity contribution in [1.29, 1.82) is 0 Å². The molecule has 2 aliphatic rings. The van der Waals surface area contributed by atoms with E-state index in [1.54, 1.807) is 24.4 Å². The van der Waals surface area contributed by atoms with Crippen molar-refractivity contribution >= 4 is 23.7 Å². The fourth-order valence-corrected chi connectivity index (χ4v) is 4.13. The van der Waals surface area contributed by atoms with Crippen molar-refractivity contribution in [1.82, 2.24) is 20.6 Å². The van der Waals surface area contributed by atoms with E-state index < -0.39 is 11.6 Å². The van der Waals surface area contributed by atoms with Gasteiger partial charge in [0.2, 0.25) is 5.95 Å². The lowest BCUT2D eigenvalue weighted by atomic mass is 9.74. The first-order valence-electron chi connectivity index (χ1n) is 9.18. The second-order valence-electron chi connectivity index (χ2n) is 7.22. The molecule has 1 atom stereocenters. The Morgan fingerprint density at radius 3 is 2.50 bits per heavy atom. The van der Waals surface area contributed by atoms with Crippen LogP contribution in [0.2, 0.25) is 0 Å². The predicted molar refractivity (Wildman–Crippen MR) is 101 cm³/mol. The first kappa shape index (κ1) is 18.1. The molecule has 0 saturated carbocycles. The summed E-state index contributed by atoms with van der Waals surface area (Å²) < 4.78 is 13.2. The minimum atomic E-state index is -1.04. The number of anilines is 2. The molecular formula is C19H21FN6O2. The van der Waals surface area contributed by atoms with Gasteiger partial charge >= 0.3 is 6.03 Å². The van der Waals surface area contributed by atoms with Gasteiger partial charge in [-0.05, 0) is 42.5 Å². The molecule has 2 aliphatic heterocycles. The van der Waals surface area contributed by atoms with E-state index in [4.69, 9.17) is 5.73 Å². The predicted octanol–water partition coefficient (Wildman–Crippen LogP) is 1.24. The molecule has 28 heavy (non-hydrogen) atoms. The molecule has 1 unspecified atom stereocenters. The van der Waals surface area contributed by atoms with Gasteiger partial charge in [-0.25, -0.2) is 14.2 Å². The van der Waals surface area contributed by atoms with Crippen LogP contribution in [0, 0.1) is 11.7 Å². The Morgan fingerprint density at radius 1 is 1.18 bits per heavy atom. The number of aromatic nitrogens is 2. The van der Waals surface area contributed by atoms with E-state index in [2.05, 4.69) is 25.5 Å². The van der Waals surface area contributed by atoms with E-state index in [0.717, 1.165) is 11.4 Å². The highest BCUT2D eigenvalue weighted by Crippen LogP contribution is 2.35. The lowest BCUT2D eigenvalue weighted by Crippen LogP contribution is -2.57. The van der Waals surface area contributed by atoms with Gasteiger partial charge in [0.1, 0.15) is 17.2 Å². The number of urea groups is 1. The third kappa shape index (κ3) is 3.35. The van der Waals surface area contributed by atoms with E-state index in [1.165, 1.54) is 12.1 Å². The fraction of sp³-hybridized carbons (Fsp3) is 0.368. The number of imide groups is 1. The minimum Gasteiger partial charge on any atom is -0.368 e. The molecule has 9 heteroatoms. The van der Waals surface area contributed by atoms with Gasteiger partial charge in [0.15, 0.2) is 0 Å². The summed E-state index contributed by atoms with van der Waals surface area (Å²) in [6.07, 6.45) is 3.32. The summed E-state index contributed by atoms with van der Waals surface area (Å²) in [5, 5.41) is 5.23. The molecule has 146 valence electrons. The number of amides is 3. The van der Waals surface area contributed by atoms with Crippen LogP contribution in [0.15, 0.2) is 36.5 Å². The molecule has 2 fully saturated rings. The van der Waals surface area contributed by atoms with Crippen molar-refractivity contribution in [2.45, 2.75) is 24.8 Å². The number of hydrogen-bond acceptors (Lipinski definition) is 6. The van der Waals surface area contributed by atoms with Gasteiger partial charge in [-0.15, -0.1) is 0 Å². The smallest absolute Gasteiger partial charge is 0.322 e. The molecule has 0 spiro atoms. The van der Waals surface area contributed by atoms with Crippen LogP contribution >= 0.6 is 0 Å². The lowest BCUT2D eigenvalue weighted by Gasteiger charge is -2.41. The normalized spacial score (nSPS) is 22.8. The number of halogens is 1. The first-order valence-corrected chi connectivity index (χ1v) is 9.18. The van der Waals surface area contributed by atoms with Crippen LogP contribution in [0.4, 0.5) is 21.0 Å². The van der Waals surface area contributed by atoms with Crippen LogP contribution < -0.4 is 21.3 Å². The molecule has 2 saturated heterocycles. The zero-order valence-corrected chi connectivity index (χ0v) is 15.2. The van der Waals surface area contributed by atoms with Crippen LogP contribution in [-0.2, 0) is 11.2 Å². The van der Waals surface area contributed by atoms with Crippen molar-refractivity contribution < 1.29 is 14.0 Å². The van der Waals surface area contributed by atoms with Crippen LogP contribution in [-0.4, -0.2) is 40.5 Å². The number of piperidine rings is 1. The fourth-order valence-electron chi connectivity index (χ4n) is 4.13. The zero-order chi connectivity index (χ0) is 19.7. The van der Waals surface area contributed by atoms with Crippen molar-refractivity contribution in [3.05, 3.63) is 47.9 Å². The molecule has 0 aliphatic carbocycles. The Labute approximate surface area is 161 Å². The Bertz CT molecular complexity index is 898. The number of carbonyl (C=O) groups excluding carboxylic acids is 2. The second-order valence-corrected chi connectivity index (χ2v) is 7.22. The molecule has 1 aromatic heterocycles. The van der Waals surface area contributed by atoms with Crippen LogP contribution in [0.1, 0.15) is 18.4 Å². The largest absolute Gasteiger partial charge is 0.368 e. The maximum atomic E-state index is 13.2. The Kier molecular flexibility index (Phi) is 4.58. The summed E-state index contributed by atoms with van der Waals surface area (Å²) in [6, 6.07) is 7.33. The van der Waals surface area contributed by atoms with Gasteiger partial charge in [-0.1, -0.05) is 12.1 Å². The van der Waals surface area contributed by atoms with Gasteiger partial charge in [0.05, 0.1) is 0 Å². The average molecular weight is 384 g/mol. The Balaban J connectivity index is 1.54. The van der Waals surface area contributed by atoms with Crippen molar-refractivity contribution in [2.75, 3.05) is 23.7 Å². The van der Waals surface area contributed by atoms with Gasteiger partial charge in [-0.3, -0.25) is 10.1 Å². The van der Waals surface area contributed by atoms with Gasteiger partial charge in [-0.2, -0.15) is 4.98 Å². The monoisotopic (exact) mass is 384 g/mol. The molecule has 0 radical (unpaired) electrons. The first-order chi connectivity index (χ1) is 13.5. The molecule has 1 aromatic carbocycles. The third-order valence-electron chi connectivity index (χ3n) is 5.54. The van der Waals surface area contributed by atoms with E-state index in [0.29, 0.717) is 32.4 Å². The summed E-state index contributed by atoms with van der Waals surface area (Å²) in [7, 11) is 0. The summed E-state index contributed by atoms with van der Waals surface area (Å²) in [5.74, 6) is 0.245. The molecule has 0 bridgehead atoms. The van der Waals surface area contributed by atoms with Crippen molar-refractivity contribution in [3.63, 3.8) is 0 Å². The second kappa shape index (κ2) is 7.06. The zero-order valence-electron chi connectivity index (χ0n) is 15.2. The maximum Gasteiger partial charge on any atom is 0.322 e. The third-order valence-corrected chi connectivity index (χ3v) is 5.54. The molecular weight excluding hydrogens is 363 g/mol. The quantitative estimate of drug-likeness (QED) is 0.684. The number of benzene rings is 1. The number of nitrogen functional groups attached to an aromatic ring is 1. The summed E-state index contributed by atoms with van der Waals surface area (Å²) in [6.45, 7) is 1.35. The van der Waals surface area contributed by atoms with Gasteiger partial charge < -0.3 is 16.0 Å². The van der Waals surface area contributed by atoms with Crippen LogP contribution in [0.25, 0.3) is 0 Å². The highest BCUT2D eigenvalue weighted by atomic mass is 19.1. The Morgan fingerprint density at radius 2 is 1.89 bits per heavy atom. The summed E-state index contributed by atoms with van der Waals surface area (Å²) in [5.41, 5.74) is 5.43. The number of nitrogens with two attached hydrogens (primary N) is 1. The van der Waals surface area contributed by atoms with Gasteiger partial charge in [0, 0.05) is 25.7 Å². The number of rotatable bonds is 4. The average Bonchev–Trinajstić information content (AvgIpc) is 2.98. The number of nitrogens with zero attached hydrogens (tertiary/aromatic N) is 3. The highest BCUT2D eigenvalue weighted by molar-refractivity contribution is 6.07. The van der Waals surface area contributed by atoms with E-state index in [1.807, 2.05) is 0 Å². The van der Waals surface area contributed by atoms with E-state index in [-0.39, 0.29) is 23.6 Å². The van der Waals surface area contributed by atoms with Crippen LogP contribution in [0.5, 0.6) is 0 Å². The molecule has 8 nitrogen and oxygen atoms in total. The standard InChI is InChI=1S/C19H21FN6O2/c20-14-3-1-12(2-4-14)11-19(16(27)24-18(28)25-19)13-6-9-26(10-7-13)15-5-8-22-17(21)23-15/h1-5,8,13H,6-7,9-11H2,(H2,21,22,23)(H2,24,25,27,28). The summed E-state index contributed by atoms with van der Waals surface area (Å²) >= 11 is 0. The molecule has 4 N–H and O–H groups in total. The van der Waals surface area contributed by atoms with E-state index >= 15 is 0 Å². The van der Waals surface area contributed by atoms with Gasteiger partial charge in [0.25, 0.3) is 5.91 Å². The lowest BCUT2D eigenvalue weighted by molar-refractivity contribution is -0.126. The minimum absolute atomic E-state index is 0.0561. The molecule has 2 aromatic rings. The number of hydrogen-bond donors (Lipinski definition) is 3. The van der Waals surface area contributed by atoms with Crippen molar-refractivity contribution in [3.8, 4) is 0 Å². The topological polar surface area (TPSA) is 113 Å². The summed E-state index contributed by atoms with van der Waals surface area (Å²) in [4.78, 5) is 34.9. The molecule has 3 amide bonds. The highest BCUT2D eigenvalue weighted by Gasteiger charge is 2.52. The molecule has 4 rings (SSSR count). The van der Waals surface area contributed by atoms with E-state index in [9.17, 15) is 14.0 Å². The van der Waals surface area contributed by atoms with Crippen molar-refractivity contribution in [2.24, 2.45) is 5.92 Å². The number of nitrogens with one attached hydrogen (secondary N) is 2.